The maximum Gasteiger partial charge on any atom is 0.406 e. The monoisotopic (exact) mass is 401 g/mol. The molecule has 2 aromatic heterocycles. The molecule has 1 saturated carbocycles. The zero-order chi connectivity index (χ0) is 20.2. The van der Waals surface area contributed by atoms with Crippen LogP contribution in [0.15, 0.2) is 24.5 Å². The SMILES string of the molecule is COC(=O)NCCn1cc(CN(C(=O)[C@H]2CNCCO2)C2CC2)c2cccnc21. The zero-order valence-electron chi connectivity index (χ0n) is 16.6. The summed E-state index contributed by atoms with van der Waals surface area (Å²) in [6.45, 7) is 3.43. The minimum absolute atomic E-state index is 0.0526. The first-order chi connectivity index (χ1) is 14.2. The van der Waals surface area contributed by atoms with E-state index in [-0.39, 0.29) is 11.9 Å². The lowest BCUT2D eigenvalue weighted by molar-refractivity contribution is -0.146. The van der Waals surface area contributed by atoms with E-state index in [1.807, 2.05) is 27.8 Å². The molecular formula is C20H27N5O4. The van der Waals surface area contributed by atoms with Gasteiger partial charge >= 0.3 is 6.09 Å². The molecular weight excluding hydrogens is 374 g/mol. The van der Waals surface area contributed by atoms with Crippen LogP contribution in [-0.4, -0.2) is 71.9 Å². The third kappa shape index (κ3) is 4.51. The Labute approximate surface area is 169 Å². The van der Waals surface area contributed by atoms with Crippen molar-refractivity contribution in [2.75, 3.05) is 33.4 Å². The molecule has 0 aromatic carbocycles. The first-order valence-corrected chi connectivity index (χ1v) is 10.0. The van der Waals surface area contributed by atoms with Crippen LogP contribution in [0.1, 0.15) is 18.4 Å². The van der Waals surface area contributed by atoms with Crippen molar-refractivity contribution in [2.45, 2.75) is 38.1 Å². The van der Waals surface area contributed by atoms with E-state index in [1.54, 1.807) is 6.20 Å². The fourth-order valence-corrected chi connectivity index (χ4v) is 3.71. The maximum absolute atomic E-state index is 13.1. The van der Waals surface area contributed by atoms with Crippen molar-refractivity contribution in [3.63, 3.8) is 0 Å². The molecule has 1 saturated heterocycles. The lowest BCUT2D eigenvalue weighted by atomic mass is 10.2. The summed E-state index contributed by atoms with van der Waals surface area (Å²) in [4.78, 5) is 30.8. The summed E-state index contributed by atoms with van der Waals surface area (Å²) in [6, 6.07) is 4.21. The molecule has 0 spiro atoms. The smallest absolute Gasteiger partial charge is 0.406 e. The minimum Gasteiger partial charge on any atom is -0.453 e. The Kier molecular flexibility index (Phi) is 5.96. The number of hydrogen-bond acceptors (Lipinski definition) is 6. The third-order valence-electron chi connectivity index (χ3n) is 5.34. The average Bonchev–Trinajstić information content (AvgIpc) is 3.55. The van der Waals surface area contributed by atoms with Gasteiger partial charge in [-0.05, 0) is 30.5 Å². The van der Waals surface area contributed by atoms with E-state index < -0.39 is 12.2 Å². The van der Waals surface area contributed by atoms with Crippen molar-refractivity contribution in [2.24, 2.45) is 0 Å². The Morgan fingerprint density at radius 2 is 2.31 bits per heavy atom. The number of fused-ring (bicyclic) bond motifs is 1. The fraction of sp³-hybridized carbons (Fsp3) is 0.550. The van der Waals surface area contributed by atoms with Crippen molar-refractivity contribution in [1.29, 1.82) is 0 Å². The number of alkyl carbamates (subject to hydrolysis) is 1. The van der Waals surface area contributed by atoms with E-state index in [0.717, 1.165) is 36.0 Å². The molecule has 156 valence electrons. The van der Waals surface area contributed by atoms with E-state index in [0.29, 0.717) is 32.8 Å². The summed E-state index contributed by atoms with van der Waals surface area (Å²) >= 11 is 0. The van der Waals surface area contributed by atoms with Crippen LogP contribution in [0.5, 0.6) is 0 Å². The molecule has 1 atom stereocenters. The largest absolute Gasteiger partial charge is 0.453 e. The van der Waals surface area contributed by atoms with Gasteiger partial charge in [0.2, 0.25) is 0 Å². The summed E-state index contributed by atoms with van der Waals surface area (Å²) < 4.78 is 12.3. The normalized spacial score (nSPS) is 19.1. The van der Waals surface area contributed by atoms with Gasteiger partial charge in [0.05, 0.1) is 13.7 Å². The van der Waals surface area contributed by atoms with Gasteiger partial charge in [0.25, 0.3) is 5.91 Å². The molecule has 0 bridgehead atoms. The Morgan fingerprint density at radius 3 is 3.03 bits per heavy atom. The molecule has 1 aliphatic carbocycles. The van der Waals surface area contributed by atoms with E-state index in [4.69, 9.17) is 4.74 Å². The van der Waals surface area contributed by atoms with Crippen molar-refractivity contribution in [3.8, 4) is 0 Å². The van der Waals surface area contributed by atoms with Crippen LogP contribution in [0.25, 0.3) is 11.0 Å². The Hall–Kier alpha value is -2.65. The van der Waals surface area contributed by atoms with Crippen molar-refractivity contribution < 1.29 is 19.1 Å². The quantitative estimate of drug-likeness (QED) is 0.715. The molecule has 0 unspecified atom stereocenters. The molecule has 1 aliphatic heterocycles. The van der Waals surface area contributed by atoms with Gasteiger partial charge in [-0.25, -0.2) is 9.78 Å². The zero-order valence-corrected chi connectivity index (χ0v) is 16.6. The number of morpholine rings is 1. The van der Waals surface area contributed by atoms with Crippen molar-refractivity contribution in [1.82, 2.24) is 25.1 Å². The Balaban J connectivity index is 1.52. The number of aromatic nitrogens is 2. The standard InChI is InChI=1S/C20H27N5O4/c1-28-20(27)23-7-9-24-12-14(16-3-2-6-22-18(16)24)13-25(15-4-5-15)19(26)17-11-21-8-10-29-17/h2-3,6,12,15,17,21H,4-5,7-11,13H2,1H3,(H,23,27)/t17-/m1/s1. The molecule has 29 heavy (non-hydrogen) atoms. The summed E-state index contributed by atoms with van der Waals surface area (Å²) in [5.41, 5.74) is 1.89. The second-order valence-corrected chi connectivity index (χ2v) is 7.40. The fourth-order valence-electron chi connectivity index (χ4n) is 3.71. The Morgan fingerprint density at radius 1 is 1.45 bits per heavy atom. The number of nitrogens with zero attached hydrogens (tertiary/aromatic N) is 3. The van der Waals surface area contributed by atoms with Gasteiger partial charge in [-0.3, -0.25) is 4.79 Å². The van der Waals surface area contributed by atoms with E-state index in [9.17, 15) is 9.59 Å². The van der Waals surface area contributed by atoms with Crippen LogP contribution >= 0.6 is 0 Å². The molecule has 2 aliphatic rings. The van der Waals surface area contributed by atoms with Gasteiger partial charge in [-0.1, -0.05) is 0 Å². The topological polar surface area (TPSA) is 97.7 Å². The maximum atomic E-state index is 13.1. The van der Waals surface area contributed by atoms with Crippen LogP contribution in [0.2, 0.25) is 0 Å². The van der Waals surface area contributed by atoms with Crippen LogP contribution in [0.3, 0.4) is 0 Å². The van der Waals surface area contributed by atoms with Crippen LogP contribution in [0, 0.1) is 0 Å². The molecule has 3 heterocycles. The molecule has 2 aromatic rings. The van der Waals surface area contributed by atoms with Crippen LogP contribution in [0.4, 0.5) is 4.79 Å². The molecule has 9 nitrogen and oxygen atoms in total. The lowest BCUT2D eigenvalue weighted by Gasteiger charge is -2.30. The van der Waals surface area contributed by atoms with Gasteiger partial charge in [-0.2, -0.15) is 0 Å². The molecule has 4 rings (SSSR count). The second-order valence-electron chi connectivity index (χ2n) is 7.40. The number of hydrogen-bond donors (Lipinski definition) is 2. The first-order valence-electron chi connectivity index (χ1n) is 10.0. The van der Waals surface area contributed by atoms with Gasteiger partial charge in [0, 0.05) is 56.5 Å². The molecule has 2 fully saturated rings. The highest BCUT2D eigenvalue weighted by atomic mass is 16.5. The number of carbonyl (C=O) groups excluding carboxylic acids is 2. The number of nitrogens with one attached hydrogen (secondary N) is 2. The summed E-state index contributed by atoms with van der Waals surface area (Å²) in [7, 11) is 1.34. The predicted octanol–water partition coefficient (Wildman–Crippen LogP) is 0.872. The number of carbonyl (C=O) groups is 2. The van der Waals surface area contributed by atoms with Gasteiger partial charge in [0.1, 0.15) is 11.8 Å². The van der Waals surface area contributed by atoms with Gasteiger partial charge in [0.15, 0.2) is 0 Å². The van der Waals surface area contributed by atoms with E-state index in [1.165, 1.54) is 7.11 Å². The van der Waals surface area contributed by atoms with Gasteiger partial charge < -0.3 is 29.6 Å². The first kappa shape index (κ1) is 19.7. The number of amides is 2. The Bertz CT molecular complexity index is 873. The van der Waals surface area contributed by atoms with E-state index in [2.05, 4.69) is 20.4 Å². The predicted molar refractivity (Wildman–Crippen MR) is 106 cm³/mol. The summed E-state index contributed by atoms with van der Waals surface area (Å²) in [5.74, 6) is 0.0526. The molecule has 2 N–H and O–H groups in total. The number of ether oxygens (including phenoxy) is 2. The number of methoxy groups -OCH3 is 1. The molecule has 9 heteroatoms. The molecule has 0 radical (unpaired) electrons. The average molecular weight is 401 g/mol. The molecule has 2 amide bonds. The van der Waals surface area contributed by atoms with Crippen molar-refractivity contribution in [3.05, 3.63) is 30.1 Å². The van der Waals surface area contributed by atoms with Crippen LogP contribution < -0.4 is 10.6 Å². The van der Waals surface area contributed by atoms with E-state index >= 15 is 0 Å². The minimum atomic E-state index is -0.457. The second kappa shape index (κ2) is 8.79. The number of pyridine rings is 1. The highest BCUT2D eigenvalue weighted by Gasteiger charge is 2.37. The summed E-state index contributed by atoms with van der Waals surface area (Å²) in [6.07, 6.45) is 4.97. The van der Waals surface area contributed by atoms with Gasteiger partial charge in [-0.15, -0.1) is 0 Å². The highest BCUT2D eigenvalue weighted by Crippen LogP contribution is 2.31. The van der Waals surface area contributed by atoms with Crippen molar-refractivity contribution >= 4 is 23.0 Å². The summed E-state index contributed by atoms with van der Waals surface area (Å²) in [5, 5.41) is 6.94. The third-order valence-corrected chi connectivity index (χ3v) is 5.34. The highest BCUT2D eigenvalue weighted by molar-refractivity contribution is 5.84. The number of rotatable bonds is 7. The van der Waals surface area contributed by atoms with Crippen LogP contribution in [-0.2, 0) is 27.4 Å². The lowest BCUT2D eigenvalue weighted by Crippen LogP contribution is -2.49.